The van der Waals surface area contributed by atoms with E-state index in [0.717, 1.165) is 16.5 Å². The molecule has 0 atom stereocenters. The number of aromatic nitrogens is 1. The summed E-state index contributed by atoms with van der Waals surface area (Å²) in [6, 6.07) is 11.7. The average Bonchev–Trinajstić information content (AvgIpc) is 2.67. The Labute approximate surface area is 157 Å². The van der Waals surface area contributed by atoms with Gasteiger partial charge in [-0.05, 0) is 49.7 Å². The normalized spacial score (nSPS) is 10.6. The van der Waals surface area contributed by atoms with Crippen molar-refractivity contribution in [2.24, 2.45) is 0 Å². The summed E-state index contributed by atoms with van der Waals surface area (Å²) in [7, 11) is 0. The monoisotopic (exact) mass is 368 g/mol. The summed E-state index contributed by atoms with van der Waals surface area (Å²) in [5.74, 6) is -0.0466. The van der Waals surface area contributed by atoms with Gasteiger partial charge in [-0.3, -0.25) is 4.98 Å². The van der Waals surface area contributed by atoms with Gasteiger partial charge in [-0.2, -0.15) is 0 Å². The van der Waals surface area contributed by atoms with Crippen LogP contribution >= 0.6 is 0 Å². The van der Waals surface area contributed by atoms with Gasteiger partial charge < -0.3 is 14.8 Å². The van der Waals surface area contributed by atoms with Crippen LogP contribution in [-0.2, 0) is 11.3 Å². The Balaban J connectivity index is 2.03. The standard InChI is InChI=1S/C21H21FN2O3/c1-3-26-16-9-10-19-17(11-16)20(18(13-23-19)21(25)27-4-2)24-12-14-5-7-15(22)8-6-14/h5-11,13H,3-4,12H2,1-2H3,(H,23,24). The number of halogens is 1. The fraction of sp³-hybridized carbons (Fsp3) is 0.238. The smallest absolute Gasteiger partial charge is 0.341 e. The van der Waals surface area contributed by atoms with E-state index in [1.54, 1.807) is 19.1 Å². The number of benzene rings is 2. The molecule has 1 N–H and O–H groups in total. The van der Waals surface area contributed by atoms with Gasteiger partial charge in [0.25, 0.3) is 0 Å². The predicted octanol–water partition coefficient (Wildman–Crippen LogP) is 4.56. The first-order valence-electron chi connectivity index (χ1n) is 8.83. The third-order valence-corrected chi connectivity index (χ3v) is 4.03. The first kappa shape index (κ1) is 18.6. The van der Waals surface area contributed by atoms with Crippen LogP contribution in [0.4, 0.5) is 10.1 Å². The predicted molar refractivity (Wildman–Crippen MR) is 103 cm³/mol. The number of hydrogen-bond acceptors (Lipinski definition) is 5. The molecule has 0 spiro atoms. The minimum atomic E-state index is -0.449. The number of nitrogens with zero attached hydrogens (tertiary/aromatic N) is 1. The molecule has 0 saturated heterocycles. The van der Waals surface area contributed by atoms with E-state index >= 15 is 0 Å². The Kier molecular flexibility index (Phi) is 5.86. The molecular weight excluding hydrogens is 347 g/mol. The average molecular weight is 368 g/mol. The molecule has 3 aromatic rings. The molecule has 140 valence electrons. The second-order valence-corrected chi connectivity index (χ2v) is 5.86. The van der Waals surface area contributed by atoms with Gasteiger partial charge in [0.2, 0.25) is 0 Å². The summed E-state index contributed by atoms with van der Waals surface area (Å²) in [5, 5.41) is 4.04. The summed E-state index contributed by atoms with van der Waals surface area (Å²) in [6.45, 7) is 4.89. The van der Waals surface area contributed by atoms with Gasteiger partial charge in [0, 0.05) is 18.1 Å². The molecule has 1 heterocycles. The molecular formula is C21H21FN2O3. The van der Waals surface area contributed by atoms with Crippen molar-refractivity contribution in [2.45, 2.75) is 20.4 Å². The Morgan fingerprint density at radius 1 is 1.11 bits per heavy atom. The summed E-state index contributed by atoms with van der Waals surface area (Å²) < 4.78 is 23.9. The Hall–Kier alpha value is -3.15. The minimum absolute atomic E-state index is 0.271. The van der Waals surface area contributed by atoms with Gasteiger partial charge in [-0.15, -0.1) is 0 Å². The second-order valence-electron chi connectivity index (χ2n) is 5.86. The molecule has 2 aromatic carbocycles. The lowest BCUT2D eigenvalue weighted by Gasteiger charge is -2.15. The maximum absolute atomic E-state index is 13.1. The minimum Gasteiger partial charge on any atom is -0.494 e. The number of rotatable bonds is 7. The summed E-state index contributed by atoms with van der Waals surface area (Å²) >= 11 is 0. The summed E-state index contributed by atoms with van der Waals surface area (Å²) in [6.07, 6.45) is 1.51. The number of esters is 1. The number of nitrogens with one attached hydrogen (secondary N) is 1. The van der Waals surface area contributed by atoms with Crippen LogP contribution in [0.2, 0.25) is 0 Å². The number of anilines is 1. The molecule has 0 unspecified atom stereocenters. The fourth-order valence-electron chi connectivity index (χ4n) is 2.77. The van der Waals surface area contributed by atoms with Crippen LogP contribution in [0.5, 0.6) is 5.75 Å². The lowest BCUT2D eigenvalue weighted by atomic mass is 10.1. The van der Waals surface area contributed by atoms with Crippen molar-refractivity contribution in [1.29, 1.82) is 0 Å². The zero-order valence-electron chi connectivity index (χ0n) is 15.3. The van der Waals surface area contributed by atoms with Crippen molar-refractivity contribution in [3.63, 3.8) is 0 Å². The maximum atomic E-state index is 13.1. The van der Waals surface area contributed by atoms with Crippen molar-refractivity contribution in [3.05, 3.63) is 65.6 Å². The molecule has 0 fully saturated rings. The topological polar surface area (TPSA) is 60.5 Å². The summed E-state index contributed by atoms with van der Waals surface area (Å²) in [4.78, 5) is 16.8. The first-order chi connectivity index (χ1) is 13.1. The number of hydrogen-bond donors (Lipinski definition) is 1. The van der Waals surface area contributed by atoms with Crippen molar-refractivity contribution >= 4 is 22.6 Å². The highest BCUT2D eigenvalue weighted by Crippen LogP contribution is 2.30. The molecule has 27 heavy (non-hydrogen) atoms. The lowest BCUT2D eigenvalue weighted by Crippen LogP contribution is -2.11. The molecule has 0 bridgehead atoms. The van der Waals surface area contributed by atoms with E-state index < -0.39 is 5.97 Å². The van der Waals surface area contributed by atoms with E-state index in [0.29, 0.717) is 30.2 Å². The van der Waals surface area contributed by atoms with E-state index in [-0.39, 0.29) is 12.4 Å². The van der Waals surface area contributed by atoms with Gasteiger partial charge in [0.15, 0.2) is 0 Å². The second kappa shape index (κ2) is 8.49. The molecule has 0 amide bonds. The molecule has 5 nitrogen and oxygen atoms in total. The molecule has 0 radical (unpaired) electrons. The number of fused-ring (bicyclic) bond motifs is 1. The number of carbonyl (C=O) groups is 1. The molecule has 0 aliphatic rings. The number of carbonyl (C=O) groups excluding carboxylic acids is 1. The SMILES string of the molecule is CCOC(=O)c1cnc2ccc(OCC)cc2c1NCc1ccc(F)cc1. The quantitative estimate of drug-likeness (QED) is 0.620. The fourth-order valence-corrected chi connectivity index (χ4v) is 2.77. The summed E-state index contributed by atoms with van der Waals surface area (Å²) in [5.41, 5.74) is 2.58. The molecule has 3 rings (SSSR count). The van der Waals surface area contributed by atoms with E-state index in [1.807, 2.05) is 25.1 Å². The Bertz CT molecular complexity index is 942. The van der Waals surface area contributed by atoms with Gasteiger partial charge in [0.1, 0.15) is 17.1 Å². The Morgan fingerprint density at radius 2 is 1.89 bits per heavy atom. The van der Waals surface area contributed by atoms with Gasteiger partial charge >= 0.3 is 5.97 Å². The lowest BCUT2D eigenvalue weighted by molar-refractivity contribution is 0.0527. The number of ether oxygens (including phenoxy) is 2. The van der Waals surface area contributed by atoms with Crippen LogP contribution in [0, 0.1) is 5.82 Å². The third kappa shape index (κ3) is 4.34. The van der Waals surface area contributed by atoms with Crippen LogP contribution < -0.4 is 10.1 Å². The maximum Gasteiger partial charge on any atom is 0.341 e. The number of pyridine rings is 1. The molecule has 1 aromatic heterocycles. The van der Waals surface area contributed by atoms with Crippen molar-refractivity contribution < 1.29 is 18.7 Å². The highest BCUT2D eigenvalue weighted by Gasteiger charge is 2.17. The van der Waals surface area contributed by atoms with E-state index in [1.165, 1.54) is 18.3 Å². The van der Waals surface area contributed by atoms with Crippen molar-refractivity contribution in [3.8, 4) is 5.75 Å². The third-order valence-electron chi connectivity index (χ3n) is 4.03. The highest BCUT2D eigenvalue weighted by molar-refractivity contribution is 6.05. The zero-order chi connectivity index (χ0) is 19.2. The molecule has 0 aliphatic heterocycles. The molecule has 0 aliphatic carbocycles. The molecule has 0 saturated carbocycles. The van der Waals surface area contributed by atoms with Gasteiger partial charge in [-0.1, -0.05) is 12.1 Å². The molecule has 6 heteroatoms. The Morgan fingerprint density at radius 3 is 2.59 bits per heavy atom. The van der Waals surface area contributed by atoms with Crippen molar-refractivity contribution in [1.82, 2.24) is 4.98 Å². The van der Waals surface area contributed by atoms with Crippen molar-refractivity contribution in [2.75, 3.05) is 18.5 Å². The van der Waals surface area contributed by atoms with Gasteiger partial charge in [0.05, 0.1) is 24.4 Å². The van der Waals surface area contributed by atoms with E-state index in [4.69, 9.17) is 9.47 Å². The van der Waals surface area contributed by atoms with Gasteiger partial charge in [-0.25, -0.2) is 9.18 Å². The highest BCUT2D eigenvalue weighted by atomic mass is 19.1. The van der Waals surface area contributed by atoms with Crippen LogP contribution in [0.25, 0.3) is 10.9 Å². The van der Waals surface area contributed by atoms with Crippen LogP contribution in [0.1, 0.15) is 29.8 Å². The van der Waals surface area contributed by atoms with E-state index in [2.05, 4.69) is 10.3 Å². The van der Waals surface area contributed by atoms with Crippen LogP contribution in [-0.4, -0.2) is 24.2 Å². The first-order valence-corrected chi connectivity index (χ1v) is 8.83. The zero-order valence-corrected chi connectivity index (χ0v) is 15.3. The van der Waals surface area contributed by atoms with Crippen LogP contribution in [0.3, 0.4) is 0 Å². The largest absolute Gasteiger partial charge is 0.494 e. The van der Waals surface area contributed by atoms with Crippen LogP contribution in [0.15, 0.2) is 48.7 Å². The van der Waals surface area contributed by atoms with E-state index in [9.17, 15) is 9.18 Å².